The Bertz CT molecular complexity index is 525. The van der Waals surface area contributed by atoms with Crippen LogP contribution in [0.5, 0.6) is 0 Å². The largest absolute Gasteiger partial charge is 0.466 e. The molecule has 0 saturated heterocycles. The maximum absolute atomic E-state index is 6.22. The third kappa shape index (κ3) is 2.42. The fraction of sp³-hybridized carbons (Fsp3) is 0.462. The third-order valence-corrected chi connectivity index (χ3v) is 3.01. The lowest BCUT2D eigenvalue weighted by atomic mass is 10.0. The summed E-state index contributed by atoms with van der Waals surface area (Å²) >= 11 is 0. The Morgan fingerprint density at radius 1 is 1.35 bits per heavy atom. The quantitative estimate of drug-likeness (QED) is 0.884. The van der Waals surface area contributed by atoms with Crippen molar-refractivity contribution >= 4 is 0 Å². The summed E-state index contributed by atoms with van der Waals surface area (Å²) in [6, 6.07) is 4.05. The Balaban J connectivity index is 2.19. The normalized spacial score (nSPS) is 13.0. The Morgan fingerprint density at radius 2 is 2.06 bits per heavy atom. The highest BCUT2D eigenvalue weighted by atomic mass is 16.3. The molecule has 0 fully saturated rings. The van der Waals surface area contributed by atoms with Crippen molar-refractivity contribution in [2.24, 2.45) is 12.8 Å². The van der Waals surface area contributed by atoms with Crippen LogP contribution in [0.15, 0.2) is 16.5 Å². The van der Waals surface area contributed by atoms with Crippen molar-refractivity contribution < 1.29 is 4.42 Å². The molecule has 0 bridgehead atoms. The maximum Gasteiger partial charge on any atom is 0.105 e. The van der Waals surface area contributed by atoms with Gasteiger partial charge in [0.2, 0.25) is 0 Å². The van der Waals surface area contributed by atoms with Crippen molar-refractivity contribution in [3.63, 3.8) is 0 Å². The first-order chi connectivity index (χ1) is 7.97. The number of hydrogen-bond donors (Lipinski definition) is 1. The van der Waals surface area contributed by atoms with E-state index in [0.29, 0.717) is 0 Å². The van der Waals surface area contributed by atoms with Gasteiger partial charge in [0.1, 0.15) is 11.5 Å². The first-order valence-electron chi connectivity index (χ1n) is 5.79. The number of nitrogens with two attached hydrogens (primary N) is 1. The summed E-state index contributed by atoms with van der Waals surface area (Å²) in [6.45, 7) is 5.89. The second-order valence-electron chi connectivity index (χ2n) is 4.58. The van der Waals surface area contributed by atoms with Crippen molar-refractivity contribution in [1.82, 2.24) is 9.78 Å². The third-order valence-electron chi connectivity index (χ3n) is 3.01. The molecule has 0 aliphatic rings. The van der Waals surface area contributed by atoms with Crippen LogP contribution in [0.25, 0.3) is 0 Å². The Kier molecular flexibility index (Phi) is 3.07. The van der Waals surface area contributed by atoms with E-state index in [1.165, 1.54) is 0 Å². The zero-order valence-electron chi connectivity index (χ0n) is 10.8. The summed E-state index contributed by atoms with van der Waals surface area (Å²) in [5, 5.41) is 4.32. The number of rotatable bonds is 3. The molecule has 0 amide bonds. The van der Waals surface area contributed by atoms with Gasteiger partial charge >= 0.3 is 0 Å². The lowest BCUT2D eigenvalue weighted by Crippen LogP contribution is -2.15. The van der Waals surface area contributed by atoms with Crippen LogP contribution < -0.4 is 5.73 Å². The first-order valence-corrected chi connectivity index (χ1v) is 5.79. The molecule has 1 atom stereocenters. The molecule has 4 heteroatoms. The van der Waals surface area contributed by atoms with Gasteiger partial charge in [0.25, 0.3) is 0 Å². The van der Waals surface area contributed by atoms with E-state index in [9.17, 15) is 0 Å². The van der Waals surface area contributed by atoms with E-state index in [2.05, 4.69) is 11.2 Å². The molecule has 4 nitrogen and oxygen atoms in total. The van der Waals surface area contributed by atoms with Gasteiger partial charge in [-0.15, -0.1) is 0 Å². The summed E-state index contributed by atoms with van der Waals surface area (Å²) in [7, 11) is 1.95. The number of hydrogen-bond acceptors (Lipinski definition) is 3. The fourth-order valence-corrected chi connectivity index (χ4v) is 2.21. The van der Waals surface area contributed by atoms with Crippen LogP contribution in [0.1, 0.15) is 34.5 Å². The van der Waals surface area contributed by atoms with E-state index in [1.807, 2.05) is 38.6 Å². The van der Waals surface area contributed by atoms with E-state index < -0.39 is 0 Å². The van der Waals surface area contributed by atoms with Gasteiger partial charge in [-0.25, -0.2) is 0 Å². The zero-order valence-corrected chi connectivity index (χ0v) is 10.8. The monoisotopic (exact) mass is 233 g/mol. The molecule has 0 aliphatic carbocycles. The molecule has 0 spiro atoms. The highest BCUT2D eigenvalue weighted by molar-refractivity contribution is 5.25. The summed E-state index contributed by atoms with van der Waals surface area (Å²) in [6.07, 6.45) is 0.775. The molecule has 0 aliphatic heterocycles. The molecule has 0 saturated carbocycles. The number of aryl methyl sites for hydroxylation is 4. The molecule has 0 radical (unpaired) electrons. The maximum atomic E-state index is 6.22. The average Bonchev–Trinajstić information content (AvgIpc) is 2.70. The summed E-state index contributed by atoms with van der Waals surface area (Å²) in [5.74, 6) is 1.82. The summed E-state index contributed by atoms with van der Waals surface area (Å²) in [4.78, 5) is 0. The van der Waals surface area contributed by atoms with Gasteiger partial charge < -0.3 is 10.2 Å². The Labute approximate surface area is 101 Å². The Hall–Kier alpha value is -1.55. The average molecular weight is 233 g/mol. The summed E-state index contributed by atoms with van der Waals surface area (Å²) in [5.41, 5.74) is 9.47. The lowest BCUT2D eigenvalue weighted by Gasteiger charge is -2.10. The molecule has 92 valence electrons. The molecule has 1 unspecified atom stereocenters. The predicted octanol–water partition coefficient (Wildman–Crippen LogP) is 2.18. The number of nitrogens with zero attached hydrogens (tertiary/aromatic N) is 2. The molecular formula is C13H19N3O. The molecule has 2 N–H and O–H groups in total. The van der Waals surface area contributed by atoms with Crippen LogP contribution in [0.3, 0.4) is 0 Å². The topological polar surface area (TPSA) is 57.0 Å². The van der Waals surface area contributed by atoms with Crippen molar-refractivity contribution in [1.29, 1.82) is 0 Å². The van der Waals surface area contributed by atoms with Gasteiger partial charge in [0.15, 0.2) is 0 Å². The molecule has 0 aromatic carbocycles. The first kappa shape index (κ1) is 11.9. The van der Waals surface area contributed by atoms with Gasteiger partial charge in [0.05, 0.1) is 5.69 Å². The van der Waals surface area contributed by atoms with Crippen LogP contribution in [0.2, 0.25) is 0 Å². The lowest BCUT2D eigenvalue weighted by molar-refractivity contribution is 0.496. The summed E-state index contributed by atoms with van der Waals surface area (Å²) < 4.78 is 7.39. The molecule has 2 aromatic heterocycles. The van der Waals surface area contributed by atoms with Gasteiger partial charge in [0, 0.05) is 30.8 Å². The second kappa shape index (κ2) is 4.37. The van der Waals surface area contributed by atoms with Crippen molar-refractivity contribution in [3.05, 3.63) is 40.6 Å². The minimum absolute atomic E-state index is 0.0396. The van der Waals surface area contributed by atoms with E-state index in [0.717, 1.165) is 34.9 Å². The molecular weight excluding hydrogens is 214 g/mol. The highest BCUT2D eigenvalue weighted by Gasteiger charge is 2.15. The van der Waals surface area contributed by atoms with Gasteiger partial charge in [-0.1, -0.05) is 0 Å². The molecule has 2 aromatic rings. The van der Waals surface area contributed by atoms with Crippen LogP contribution >= 0.6 is 0 Å². The van der Waals surface area contributed by atoms with Crippen molar-refractivity contribution in [2.75, 3.05) is 0 Å². The fourth-order valence-electron chi connectivity index (χ4n) is 2.21. The minimum Gasteiger partial charge on any atom is -0.466 e. The SMILES string of the molecule is Cc1cc(CC(N)c2cc(C)oc2C)n(C)n1. The van der Waals surface area contributed by atoms with Crippen molar-refractivity contribution in [3.8, 4) is 0 Å². The highest BCUT2D eigenvalue weighted by Crippen LogP contribution is 2.22. The van der Waals surface area contributed by atoms with Crippen LogP contribution in [-0.2, 0) is 13.5 Å². The molecule has 2 rings (SSSR count). The van der Waals surface area contributed by atoms with Crippen LogP contribution in [0.4, 0.5) is 0 Å². The zero-order chi connectivity index (χ0) is 12.6. The van der Waals surface area contributed by atoms with E-state index in [4.69, 9.17) is 10.2 Å². The Morgan fingerprint density at radius 3 is 2.53 bits per heavy atom. The van der Waals surface area contributed by atoms with Gasteiger partial charge in [-0.2, -0.15) is 5.10 Å². The van der Waals surface area contributed by atoms with E-state index in [1.54, 1.807) is 0 Å². The molecule has 2 heterocycles. The number of furan rings is 1. The van der Waals surface area contributed by atoms with E-state index >= 15 is 0 Å². The molecule has 17 heavy (non-hydrogen) atoms. The van der Waals surface area contributed by atoms with Crippen molar-refractivity contribution in [2.45, 2.75) is 33.2 Å². The van der Waals surface area contributed by atoms with Gasteiger partial charge in [-0.3, -0.25) is 4.68 Å². The van der Waals surface area contributed by atoms with Gasteiger partial charge in [-0.05, 0) is 32.9 Å². The van der Waals surface area contributed by atoms with E-state index in [-0.39, 0.29) is 6.04 Å². The smallest absolute Gasteiger partial charge is 0.105 e. The minimum atomic E-state index is -0.0396. The number of aromatic nitrogens is 2. The van der Waals surface area contributed by atoms with Crippen LogP contribution in [0, 0.1) is 20.8 Å². The second-order valence-corrected chi connectivity index (χ2v) is 4.58. The predicted molar refractivity (Wildman–Crippen MR) is 66.8 cm³/mol. The standard InChI is InChI=1S/C13H19N3O/c1-8-5-11(16(4)15-8)7-13(14)12-6-9(2)17-10(12)3/h5-6,13H,7,14H2,1-4H3. The van der Waals surface area contributed by atoms with Crippen LogP contribution in [-0.4, -0.2) is 9.78 Å².